The zero-order chi connectivity index (χ0) is 6.69. The van der Waals surface area contributed by atoms with Gasteiger partial charge < -0.3 is 4.74 Å². The third-order valence-electron chi connectivity index (χ3n) is 1.96. The summed E-state index contributed by atoms with van der Waals surface area (Å²) in [6.07, 6.45) is 4.30. The summed E-state index contributed by atoms with van der Waals surface area (Å²) in [6.45, 7) is 5.31. The highest BCUT2D eigenvalue weighted by Gasteiger charge is 2.16. The second kappa shape index (κ2) is 2.90. The fourth-order valence-electron chi connectivity index (χ4n) is 1.23. The van der Waals surface area contributed by atoms with Gasteiger partial charge in [-0.05, 0) is 18.4 Å². The largest absolute Gasteiger partial charge is 0.501 e. The molecular formula is C8H14O. The summed E-state index contributed by atoms with van der Waals surface area (Å²) in [5, 5.41) is 0. The fraction of sp³-hybridized carbons (Fsp3) is 0.750. The van der Waals surface area contributed by atoms with Crippen LogP contribution in [0.1, 0.15) is 26.7 Å². The van der Waals surface area contributed by atoms with E-state index in [4.69, 9.17) is 4.74 Å². The number of hydrogen-bond acceptors (Lipinski definition) is 1. The standard InChI is InChI=1S/C8H14O/c1-3-7-5-9-6-8(7)4-2/h5,8H,3-4,6H2,1-2H3. The van der Waals surface area contributed by atoms with E-state index in [1.165, 1.54) is 12.0 Å². The maximum Gasteiger partial charge on any atom is 0.0939 e. The first kappa shape index (κ1) is 6.66. The van der Waals surface area contributed by atoms with Gasteiger partial charge >= 0.3 is 0 Å². The zero-order valence-electron chi connectivity index (χ0n) is 6.18. The minimum Gasteiger partial charge on any atom is -0.501 e. The molecule has 0 spiro atoms. The molecule has 1 heteroatoms. The van der Waals surface area contributed by atoms with Gasteiger partial charge in [0.05, 0.1) is 12.9 Å². The van der Waals surface area contributed by atoms with Crippen molar-refractivity contribution in [3.63, 3.8) is 0 Å². The topological polar surface area (TPSA) is 9.23 Å². The van der Waals surface area contributed by atoms with Gasteiger partial charge in [0.1, 0.15) is 0 Å². The Hall–Kier alpha value is -0.460. The predicted octanol–water partition coefficient (Wildman–Crippen LogP) is 2.34. The van der Waals surface area contributed by atoms with Gasteiger partial charge in [-0.15, -0.1) is 0 Å². The van der Waals surface area contributed by atoms with Crippen molar-refractivity contribution in [1.82, 2.24) is 0 Å². The lowest BCUT2D eigenvalue weighted by atomic mass is 9.98. The van der Waals surface area contributed by atoms with E-state index in [9.17, 15) is 0 Å². The molecular weight excluding hydrogens is 112 g/mol. The summed E-state index contributed by atoms with van der Waals surface area (Å²) < 4.78 is 5.19. The Morgan fingerprint density at radius 3 is 2.89 bits per heavy atom. The van der Waals surface area contributed by atoms with Crippen molar-refractivity contribution in [2.24, 2.45) is 5.92 Å². The molecule has 52 valence electrons. The quantitative estimate of drug-likeness (QED) is 0.551. The van der Waals surface area contributed by atoms with E-state index in [0.29, 0.717) is 0 Å². The van der Waals surface area contributed by atoms with Gasteiger partial charge in [-0.25, -0.2) is 0 Å². The molecule has 1 atom stereocenters. The van der Waals surface area contributed by atoms with Gasteiger partial charge in [0.2, 0.25) is 0 Å². The van der Waals surface area contributed by atoms with Crippen LogP contribution in [0.5, 0.6) is 0 Å². The fourth-order valence-corrected chi connectivity index (χ4v) is 1.23. The Morgan fingerprint density at radius 1 is 1.67 bits per heavy atom. The van der Waals surface area contributed by atoms with Crippen molar-refractivity contribution >= 4 is 0 Å². The molecule has 0 radical (unpaired) electrons. The van der Waals surface area contributed by atoms with E-state index in [0.717, 1.165) is 18.9 Å². The van der Waals surface area contributed by atoms with Crippen LogP contribution in [0, 0.1) is 5.92 Å². The van der Waals surface area contributed by atoms with E-state index < -0.39 is 0 Å². The van der Waals surface area contributed by atoms with Crippen molar-refractivity contribution in [2.45, 2.75) is 26.7 Å². The monoisotopic (exact) mass is 126 g/mol. The molecule has 0 bridgehead atoms. The Labute approximate surface area is 56.7 Å². The van der Waals surface area contributed by atoms with Crippen LogP contribution < -0.4 is 0 Å². The van der Waals surface area contributed by atoms with E-state index in [-0.39, 0.29) is 0 Å². The molecule has 0 fully saturated rings. The molecule has 1 heterocycles. The van der Waals surface area contributed by atoms with E-state index in [1.807, 2.05) is 6.26 Å². The summed E-state index contributed by atoms with van der Waals surface area (Å²) >= 11 is 0. The molecule has 0 aromatic carbocycles. The molecule has 0 N–H and O–H groups in total. The average molecular weight is 126 g/mol. The highest BCUT2D eigenvalue weighted by atomic mass is 16.5. The van der Waals surface area contributed by atoms with Gasteiger partial charge in [-0.1, -0.05) is 13.8 Å². The van der Waals surface area contributed by atoms with Gasteiger partial charge in [0.25, 0.3) is 0 Å². The second-order valence-corrected chi connectivity index (χ2v) is 2.48. The summed E-state index contributed by atoms with van der Waals surface area (Å²) in [7, 11) is 0. The van der Waals surface area contributed by atoms with Crippen LogP contribution in [-0.2, 0) is 4.74 Å². The minimum absolute atomic E-state index is 0.718. The Morgan fingerprint density at radius 2 is 2.44 bits per heavy atom. The van der Waals surface area contributed by atoms with Crippen LogP contribution in [-0.4, -0.2) is 6.61 Å². The molecule has 0 amide bonds. The van der Waals surface area contributed by atoms with Gasteiger partial charge in [0.15, 0.2) is 0 Å². The highest BCUT2D eigenvalue weighted by molar-refractivity contribution is 5.06. The van der Waals surface area contributed by atoms with Crippen molar-refractivity contribution in [1.29, 1.82) is 0 Å². The summed E-state index contributed by atoms with van der Waals surface area (Å²) in [5.74, 6) is 0.718. The third-order valence-corrected chi connectivity index (χ3v) is 1.96. The van der Waals surface area contributed by atoms with Crippen LogP contribution in [0.2, 0.25) is 0 Å². The third kappa shape index (κ3) is 1.26. The zero-order valence-corrected chi connectivity index (χ0v) is 6.18. The van der Waals surface area contributed by atoms with Gasteiger partial charge in [0, 0.05) is 5.92 Å². The molecule has 1 aliphatic rings. The molecule has 0 aliphatic carbocycles. The average Bonchev–Trinajstić information content (AvgIpc) is 2.33. The molecule has 1 unspecified atom stereocenters. The lowest BCUT2D eigenvalue weighted by Crippen LogP contribution is -2.01. The molecule has 0 aromatic heterocycles. The number of ether oxygens (including phenoxy) is 1. The second-order valence-electron chi connectivity index (χ2n) is 2.48. The molecule has 1 rings (SSSR count). The predicted molar refractivity (Wildman–Crippen MR) is 38.1 cm³/mol. The molecule has 0 saturated heterocycles. The maximum atomic E-state index is 5.19. The number of hydrogen-bond donors (Lipinski definition) is 0. The van der Waals surface area contributed by atoms with Crippen molar-refractivity contribution in [3.05, 3.63) is 11.8 Å². The van der Waals surface area contributed by atoms with E-state index >= 15 is 0 Å². The van der Waals surface area contributed by atoms with Crippen LogP contribution in [0.3, 0.4) is 0 Å². The maximum absolute atomic E-state index is 5.19. The Balaban J connectivity index is 2.47. The van der Waals surface area contributed by atoms with Crippen LogP contribution in [0.25, 0.3) is 0 Å². The Bertz CT molecular complexity index is 116. The summed E-state index contributed by atoms with van der Waals surface area (Å²) in [6, 6.07) is 0. The molecule has 1 nitrogen and oxygen atoms in total. The SMILES string of the molecule is CCC1=COCC1CC. The van der Waals surface area contributed by atoms with Gasteiger partial charge in [-0.3, -0.25) is 0 Å². The first-order valence-corrected chi connectivity index (χ1v) is 3.69. The van der Waals surface area contributed by atoms with E-state index in [1.54, 1.807) is 0 Å². The summed E-state index contributed by atoms with van der Waals surface area (Å²) in [4.78, 5) is 0. The van der Waals surface area contributed by atoms with Crippen molar-refractivity contribution in [3.8, 4) is 0 Å². The smallest absolute Gasteiger partial charge is 0.0939 e. The molecule has 0 aromatic rings. The van der Waals surface area contributed by atoms with Crippen molar-refractivity contribution in [2.75, 3.05) is 6.61 Å². The minimum atomic E-state index is 0.718. The molecule has 0 saturated carbocycles. The number of rotatable bonds is 2. The highest BCUT2D eigenvalue weighted by Crippen LogP contribution is 2.23. The van der Waals surface area contributed by atoms with Gasteiger partial charge in [-0.2, -0.15) is 0 Å². The lowest BCUT2D eigenvalue weighted by molar-refractivity contribution is 0.246. The van der Waals surface area contributed by atoms with Crippen LogP contribution in [0.4, 0.5) is 0 Å². The summed E-state index contributed by atoms with van der Waals surface area (Å²) in [5.41, 5.74) is 1.48. The Kier molecular flexibility index (Phi) is 2.15. The molecule has 9 heavy (non-hydrogen) atoms. The van der Waals surface area contributed by atoms with E-state index in [2.05, 4.69) is 13.8 Å². The van der Waals surface area contributed by atoms with Crippen LogP contribution in [0.15, 0.2) is 11.8 Å². The first-order valence-electron chi connectivity index (χ1n) is 3.69. The van der Waals surface area contributed by atoms with Crippen molar-refractivity contribution < 1.29 is 4.74 Å². The normalized spacial score (nSPS) is 25.6. The lowest BCUT2D eigenvalue weighted by Gasteiger charge is -2.05. The first-order chi connectivity index (χ1) is 4.38. The van der Waals surface area contributed by atoms with Crippen LogP contribution >= 0.6 is 0 Å². The molecule has 1 aliphatic heterocycles.